The highest BCUT2D eigenvalue weighted by Crippen LogP contribution is 2.23. The van der Waals surface area contributed by atoms with Crippen molar-refractivity contribution in [1.29, 1.82) is 0 Å². The smallest absolute Gasteiger partial charge is 0.308 e. The minimum absolute atomic E-state index is 0.126. The van der Waals surface area contributed by atoms with Gasteiger partial charge in [-0.15, -0.1) is 0 Å². The van der Waals surface area contributed by atoms with Crippen molar-refractivity contribution in [3.63, 3.8) is 0 Å². The zero-order chi connectivity index (χ0) is 15.9. The molecule has 0 fully saturated rings. The molecule has 0 spiro atoms. The van der Waals surface area contributed by atoms with Crippen LogP contribution < -0.4 is 4.74 Å². The summed E-state index contributed by atoms with van der Waals surface area (Å²) in [7, 11) is 1.43. The van der Waals surface area contributed by atoms with Gasteiger partial charge in [0.1, 0.15) is 5.75 Å². The molecule has 0 saturated heterocycles. The number of ether oxygens (including phenoxy) is 2. The molecule has 0 amide bonds. The van der Waals surface area contributed by atoms with Crippen molar-refractivity contribution in [1.82, 2.24) is 0 Å². The average molecular weight is 300 g/mol. The lowest BCUT2D eigenvalue weighted by atomic mass is 9.98. The van der Waals surface area contributed by atoms with Crippen molar-refractivity contribution in [2.75, 3.05) is 13.7 Å². The Morgan fingerprint density at radius 1 is 1.14 bits per heavy atom. The number of hydrogen-bond donors (Lipinski definition) is 0. The maximum absolute atomic E-state index is 11.5. The van der Waals surface area contributed by atoms with Crippen LogP contribution in [0.5, 0.6) is 5.75 Å². The molecule has 0 aliphatic rings. The monoisotopic (exact) mass is 300 g/mol. The first-order valence-electron chi connectivity index (χ1n) is 7.87. The zero-order valence-corrected chi connectivity index (χ0v) is 13.6. The van der Waals surface area contributed by atoms with Crippen LogP contribution >= 0.6 is 0 Å². The van der Waals surface area contributed by atoms with Gasteiger partial charge in [0.05, 0.1) is 19.6 Å². The summed E-state index contributed by atoms with van der Waals surface area (Å²) in [4.78, 5) is 11.5. The SMILES string of the molecule is CCCCOc1ccc2cc(C[C@H](C)C(=O)OC)ccc2c1. The van der Waals surface area contributed by atoms with Gasteiger partial charge >= 0.3 is 5.97 Å². The molecule has 3 heteroatoms. The van der Waals surface area contributed by atoms with Crippen molar-refractivity contribution < 1.29 is 14.3 Å². The van der Waals surface area contributed by atoms with E-state index in [1.807, 2.05) is 13.0 Å². The first kappa shape index (κ1) is 16.3. The molecule has 0 heterocycles. The number of fused-ring (bicyclic) bond motifs is 1. The molecule has 1 atom stereocenters. The maximum atomic E-state index is 11.5. The fourth-order valence-electron chi connectivity index (χ4n) is 2.46. The van der Waals surface area contributed by atoms with Gasteiger partial charge in [-0.05, 0) is 41.3 Å². The molecule has 0 N–H and O–H groups in total. The molecule has 3 nitrogen and oxygen atoms in total. The van der Waals surface area contributed by atoms with Crippen LogP contribution in [0.15, 0.2) is 36.4 Å². The highest BCUT2D eigenvalue weighted by atomic mass is 16.5. The second-order valence-corrected chi connectivity index (χ2v) is 5.67. The van der Waals surface area contributed by atoms with Gasteiger partial charge in [-0.2, -0.15) is 0 Å². The van der Waals surface area contributed by atoms with Crippen LogP contribution in [0.2, 0.25) is 0 Å². The molecule has 118 valence electrons. The number of unbranched alkanes of at least 4 members (excludes halogenated alkanes) is 1. The number of hydrogen-bond acceptors (Lipinski definition) is 3. The molecule has 0 aliphatic heterocycles. The first-order valence-corrected chi connectivity index (χ1v) is 7.87. The lowest BCUT2D eigenvalue weighted by Gasteiger charge is -2.11. The highest BCUT2D eigenvalue weighted by Gasteiger charge is 2.13. The summed E-state index contributed by atoms with van der Waals surface area (Å²) in [6.45, 7) is 4.80. The second kappa shape index (κ2) is 7.83. The molecule has 0 radical (unpaired) electrons. The number of carbonyl (C=O) groups excluding carboxylic acids is 1. The second-order valence-electron chi connectivity index (χ2n) is 5.67. The third kappa shape index (κ3) is 4.23. The van der Waals surface area contributed by atoms with E-state index in [0.29, 0.717) is 6.42 Å². The summed E-state index contributed by atoms with van der Waals surface area (Å²) in [5, 5.41) is 2.32. The molecule has 2 aromatic carbocycles. The Balaban J connectivity index is 2.11. The van der Waals surface area contributed by atoms with E-state index in [0.717, 1.165) is 41.5 Å². The van der Waals surface area contributed by atoms with E-state index < -0.39 is 0 Å². The normalized spacial score (nSPS) is 12.1. The van der Waals surface area contributed by atoms with E-state index in [-0.39, 0.29) is 11.9 Å². The molecule has 0 saturated carbocycles. The number of carbonyl (C=O) groups is 1. The quantitative estimate of drug-likeness (QED) is 0.562. The van der Waals surface area contributed by atoms with Crippen LogP contribution in [-0.4, -0.2) is 19.7 Å². The largest absolute Gasteiger partial charge is 0.494 e. The third-order valence-corrected chi connectivity index (χ3v) is 3.79. The van der Waals surface area contributed by atoms with Crippen molar-refractivity contribution in [3.05, 3.63) is 42.0 Å². The molecule has 2 aromatic rings. The number of esters is 1. The van der Waals surface area contributed by atoms with Gasteiger partial charge in [0.15, 0.2) is 0 Å². The van der Waals surface area contributed by atoms with Crippen LogP contribution in [0, 0.1) is 5.92 Å². The van der Waals surface area contributed by atoms with Crippen LogP contribution in [0.3, 0.4) is 0 Å². The lowest BCUT2D eigenvalue weighted by molar-refractivity contribution is -0.144. The summed E-state index contributed by atoms with van der Waals surface area (Å²) in [5.74, 6) is 0.621. The fraction of sp³-hybridized carbons (Fsp3) is 0.421. The molecular weight excluding hydrogens is 276 g/mol. The van der Waals surface area contributed by atoms with E-state index in [9.17, 15) is 4.79 Å². The average Bonchev–Trinajstić information content (AvgIpc) is 2.54. The van der Waals surface area contributed by atoms with E-state index in [2.05, 4.69) is 37.3 Å². The molecule has 2 rings (SSSR count). The van der Waals surface area contributed by atoms with E-state index >= 15 is 0 Å². The van der Waals surface area contributed by atoms with Crippen LogP contribution in [0.4, 0.5) is 0 Å². The molecular formula is C19H24O3. The molecule has 0 unspecified atom stereocenters. The van der Waals surface area contributed by atoms with Crippen LogP contribution in [0.1, 0.15) is 32.3 Å². The van der Waals surface area contributed by atoms with Crippen molar-refractivity contribution >= 4 is 16.7 Å². The maximum Gasteiger partial charge on any atom is 0.308 e. The molecule has 0 bridgehead atoms. The van der Waals surface area contributed by atoms with Gasteiger partial charge in [-0.1, -0.05) is 44.5 Å². The third-order valence-electron chi connectivity index (χ3n) is 3.79. The Morgan fingerprint density at radius 2 is 1.86 bits per heavy atom. The Bertz CT molecular complexity index is 634. The highest BCUT2D eigenvalue weighted by molar-refractivity contribution is 5.84. The topological polar surface area (TPSA) is 35.5 Å². The van der Waals surface area contributed by atoms with E-state index in [1.54, 1.807) is 0 Å². The van der Waals surface area contributed by atoms with Gasteiger partial charge < -0.3 is 9.47 Å². The zero-order valence-electron chi connectivity index (χ0n) is 13.6. The molecule has 0 aromatic heterocycles. The fourth-order valence-corrected chi connectivity index (χ4v) is 2.46. The van der Waals surface area contributed by atoms with Crippen molar-refractivity contribution in [2.45, 2.75) is 33.1 Å². The van der Waals surface area contributed by atoms with Crippen LogP contribution in [-0.2, 0) is 16.0 Å². The molecule has 0 aliphatic carbocycles. The Labute approximate surface area is 132 Å². The van der Waals surface area contributed by atoms with Gasteiger partial charge in [-0.3, -0.25) is 4.79 Å². The predicted octanol–water partition coefficient (Wildman–Crippen LogP) is 4.37. The standard InChI is InChI=1S/C19H24O3/c1-4-5-10-22-18-9-8-16-12-15(6-7-17(16)13-18)11-14(2)19(20)21-3/h6-9,12-14H,4-5,10-11H2,1-3H3/t14-/m0/s1. The van der Waals surface area contributed by atoms with Gasteiger partial charge in [-0.25, -0.2) is 0 Å². The summed E-state index contributed by atoms with van der Waals surface area (Å²) in [6, 6.07) is 12.4. The minimum atomic E-state index is -0.167. The van der Waals surface area contributed by atoms with Crippen molar-refractivity contribution in [2.24, 2.45) is 5.92 Å². The summed E-state index contributed by atoms with van der Waals surface area (Å²) in [5.41, 5.74) is 1.14. The van der Waals surface area contributed by atoms with Crippen LogP contribution in [0.25, 0.3) is 10.8 Å². The number of benzene rings is 2. The number of rotatable bonds is 7. The van der Waals surface area contributed by atoms with Gasteiger partial charge in [0, 0.05) is 0 Å². The Kier molecular flexibility index (Phi) is 5.82. The Hall–Kier alpha value is -2.03. The summed E-state index contributed by atoms with van der Waals surface area (Å²) < 4.78 is 10.5. The predicted molar refractivity (Wildman–Crippen MR) is 89.2 cm³/mol. The summed E-state index contributed by atoms with van der Waals surface area (Å²) >= 11 is 0. The van der Waals surface area contributed by atoms with Gasteiger partial charge in [0.2, 0.25) is 0 Å². The Morgan fingerprint density at radius 3 is 2.59 bits per heavy atom. The molecule has 22 heavy (non-hydrogen) atoms. The van der Waals surface area contributed by atoms with E-state index in [1.165, 1.54) is 7.11 Å². The van der Waals surface area contributed by atoms with E-state index in [4.69, 9.17) is 9.47 Å². The first-order chi connectivity index (χ1) is 10.6. The minimum Gasteiger partial charge on any atom is -0.494 e. The summed E-state index contributed by atoms with van der Waals surface area (Å²) in [6.07, 6.45) is 2.90. The van der Waals surface area contributed by atoms with Gasteiger partial charge in [0.25, 0.3) is 0 Å². The lowest BCUT2D eigenvalue weighted by Crippen LogP contribution is -2.15. The van der Waals surface area contributed by atoms with Crippen molar-refractivity contribution in [3.8, 4) is 5.75 Å². The number of methoxy groups -OCH3 is 1.